The third-order valence-electron chi connectivity index (χ3n) is 4.03. The molecule has 0 spiro atoms. The van der Waals surface area contributed by atoms with E-state index in [9.17, 15) is 4.79 Å². The smallest absolute Gasteiger partial charge is 0.250 e. The maximum Gasteiger partial charge on any atom is 0.250 e. The second-order valence-electron chi connectivity index (χ2n) is 5.70. The van der Waals surface area contributed by atoms with Crippen molar-refractivity contribution in [2.45, 2.75) is 45.6 Å². The first kappa shape index (κ1) is 14.9. The van der Waals surface area contributed by atoms with Crippen molar-refractivity contribution in [2.75, 3.05) is 17.7 Å². The van der Waals surface area contributed by atoms with Gasteiger partial charge in [0.15, 0.2) is 0 Å². The molecule has 1 aromatic carbocycles. The standard InChI is InChI=1S/C16H24N2O2/c1-11-6-3-4-9-14(11)20-10-15(19)18-16-12(2)7-5-8-13(16)17/h5,7-8,11,14H,3-4,6,9-10,17H2,1-2H3,(H,18,19). The van der Waals surface area contributed by atoms with Gasteiger partial charge in [-0.25, -0.2) is 0 Å². The molecule has 1 aliphatic rings. The Morgan fingerprint density at radius 2 is 2.15 bits per heavy atom. The fraction of sp³-hybridized carbons (Fsp3) is 0.562. The molecule has 0 aliphatic heterocycles. The number of benzene rings is 1. The fourth-order valence-corrected chi connectivity index (χ4v) is 2.75. The van der Waals surface area contributed by atoms with Crippen LogP contribution in [0.15, 0.2) is 18.2 Å². The van der Waals surface area contributed by atoms with E-state index in [0.717, 1.165) is 12.0 Å². The van der Waals surface area contributed by atoms with Crippen LogP contribution >= 0.6 is 0 Å². The zero-order valence-corrected chi connectivity index (χ0v) is 12.3. The highest BCUT2D eigenvalue weighted by atomic mass is 16.5. The SMILES string of the molecule is Cc1cccc(N)c1NC(=O)COC1CCCCC1C. The van der Waals surface area contributed by atoms with Crippen LogP contribution in [0.3, 0.4) is 0 Å². The zero-order valence-electron chi connectivity index (χ0n) is 12.3. The molecule has 0 aromatic heterocycles. The van der Waals surface area contributed by atoms with Gasteiger partial charge in [-0.15, -0.1) is 0 Å². The summed E-state index contributed by atoms with van der Waals surface area (Å²) in [6.07, 6.45) is 4.93. The molecule has 2 atom stereocenters. The van der Waals surface area contributed by atoms with Crippen molar-refractivity contribution in [3.63, 3.8) is 0 Å². The average molecular weight is 276 g/mol. The van der Waals surface area contributed by atoms with Gasteiger partial charge < -0.3 is 15.8 Å². The number of para-hydroxylation sites is 1. The lowest BCUT2D eigenvalue weighted by molar-refractivity contribution is -0.124. The lowest BCUT2D eigenvalue weighted by Crippen LogP contribution is -2.30. The molecule has 4 nitrogen and oxygen atoms in total. The van der Waals surface area contributed by atoms with Gasteiger partial charge in [-0.3, -0.25) is 4.79 Å². The van der Waals surface area contributed by atoms with Gasteiger partial charge in [0.25, 0.3) is 0 Å². The second kappa shape index (κ2) is 6.75. The first-order valence-corrected chi connectivity index (χ1v) is 7.34. The van der Waals surface area contributed by atoms with Crippen LogP contribution in [0.1, 0.15) is 38.2 Å². The van der Waals surface area contributed by atoms with Crippen molar-refractivity contribution in [1.82, 2.24) is 0 Å². The highest BCUT2D eigenvalue weighted by molar-refractivity contribution is 5.95. The molecular formula is C16H24N2O2. The van der Waals surface area contributed by atoms with Gasteiger partial charge >= 0.3 is 0 Å². The molecule has 3 N–H and O–H groups in total. The quantitative estimate of drug-likeness (QED) is 0.830. The number of anilines is 2. The summed E-state index contributed by atoms with van der Waals surface area (Å²) in [5.74, 6) is 0.406. The number of hydrogen-bond acceptors (Lipinski definition) is 3. The van der Waals surface area contributed by atoms with Crippen LogP contribution in [0, 0.1) is 12.8 Å². The minimum Gasteiger partial charge on any atom is -0.397 e. The van der Waals surface area contributed by atoms with E-state index in [4.69, 9.17) is 10.5 Å². The minimum absolute atomic E-state index is 0.1000. The summed E-state index contributed by atoms with van der Waals surface area (Å²) >= 11 is 0. The molecule has 1 saturated carbocycles. The van der Waals surface area contributed by atoms with Crippen molar-refractivity contribution in [3.8, 4) is 0 Å². The molecule has 1 fully saturated rings. The van der Waals surface area contributed by atoms with Crippen LogP contribution in [-0.4, -0.2) is 18.6 Å². The van der Waals surface area contributed by atoms with E-state index in [1.54, 1.807) is 6.07 Å². The second-order valence-corrected chi connectivity index (χ2v) is 5.70. The Hall–Kier alpha value is -1.55. The predicted molar refractivity (Wildman–Crippen MR) is 81.6 cm³/mol. The van der Waals surface area contributed by atoms with Crippen molar-refractivity contribution in [2.24, 2.45) is 5.92 Å². The average Bonchev–Trinajstić information content (AvgIpc) is 2.42. The van der Waals surface area contributed by atoms with Crippen LogP contribution in [0.5, 0.6) is 0 Å². The highest BCUT2D eigenvalue weighted by Crippen LogP contribution is 2.26. The summed E-state index contributed by atoms with van der Waals surface area (Å²) in [6.45, 7) is 4.22. The molecule has 110 valence electrons. The van der Waals surface area contributed by atoms with Crippen molar-refractivity contribution in [1.29, 1.82) is 0 Å². The Balaban J connectivity index is 1.86. The Bertz CT molecular complexity index is 453. The van der Waals surface area contributed by atoms with Gasteiger partial charge in [-0.05, 0) is 37.3 Å². The monoisotopic (exact) mass is 276 g/mol. The van der Waals surface area contributed by atoms with Crippen LogP contribution in [0.4, 0.5) is 11.4 Å². The van der Waals surface area contributed by atoms with Gasteiger partial charge in [0.05, 0.1) is 17.5 Å². The number of nitrogens with two attached hydrogens (primary N) is 1. The van der Waals surface area contributed by atoms with E-state index in [1.807, 2.05) is 19.1 Å². The lowest BCUT2D eigenvalue weighted by atomic mass is 9.88. The Morgan fingerprint density at radius 1 is 1.40 bits per heavy atom. The summed E-state index contributed by atoms with van der Waals surface area (Å²) in [5, 5.41) is 2.84. The van der Waals surface area contributed by atoms with Crippen LogP contribution in [-0.2, 0) is 9.53 Å². The predicted octanol–water partition coefficient (Wildman–Crippen LogP) is 3.11. The summed E-state index contributed by atoms with van der Waals surface area (Å²) < 4.78 is 5.76. The lowest BCUT2D eigenvalue weighted by Gasteiger charge is -2.28. The molecule has 1 aromatic rings. The number of rotatable bonds is 4. The van der Waals surface area contributed by atoms with Gasteiger partial charge in [0.2, 0.25) is 5.91 Å². The topological polar surface area (TPSA) is 64.3 Å². The van der Waals surface area contributed by atoms with Crippen molar-refractivity contribution < 1.29 is 9.53 Å². The first-order valence-electron chi connectivity index (χ1n) is 7.34. The third-order valence-corrected chi connectivity index (χ3v) is 4.03. The molecule has 4 heteroatoms. The number of carbonyl (C=O) groups is 1. The number of hydrogen-bond donors (Lipinski definition) is 2. The van der Waals surface area contributed by atoms with Crippen LogP contribution in [0.2, 0.25) is 0 Å². The van der Waals surface area contributed by atoms with E-state index >= 15 is 0 Å². The summed E-state index contributed by atoms with van der Waals surface area (Å²) in [4.78, 5) is 12.0. The number of aryl methyl sites for hydroxylation is 1. The zero-order chi connectivity index (χ0) is 14.5. The molecule has 0 bridgehead atoms. The van der Waals surface area contributed by atoms with Gasteiger partial charge in [0, 0.05) is 0 Å². The number of amides is 1. The fourth-order valence-electron chi connectivity index (χ4n) is 2.75. The number of ether oxygens (including phenoxy) is 1. The maximum absolute atomic E-state index is 12.0. The highest BCUT2D eigenvalue weighted by Gasteiger charge is 2.22. The van der Waals surface area contributed by atoms with Crippen molar-refractivity contribution in [3.05, 3.63) is 23.8 Å². The number of carbonyl (C=O) groups excluding carboxylic acids is 1. The van der Waals surface area contributed by atoms with Gasteiger partial charge in [-0.2, -0.15) is 0 Å². The van der Waals surface area contributed by atoms with Crippen molar-refractivity contribution >= 4 is 17.3 Å². The van der Waals surface area contributed by atoms with Gasteiger partial charge in [0.1, 0.15) is 6.61 Å². The molecule has 20 heavy (non-hydrogen) atoms. The number of nitrogens with one attached hydrogen (secondary N) is 1. The molecular weight excluding hydrogens is 252 g/mol. The minimum atomic E-state index is -0.135. The van der Waals surface area contributed by atoms with E-state index in [1.165, 1.54) is 19.3 Å². The van der Waals surface area contributed by atoms with E-state index in [2.05, 4.69) is 12.2 Å². The van der Waals surface area contributed by atoms with E-state index < -0.39 is 0 Å². The summed E-state index contributed by atoms with van der Waals surface area (Å²) in [5.41, 5.74) is 8.12. The van der Waals surface area contributed by atoms with E-state index in [0.29, 0.717) is 17.3 Å². The Morgan fingerprint density at radius 3 is 2.85 bits per heavy atom. The summed E-state index contributed by atoms with van der Waals surface area (Å²) in [6, 6.07) is 5.59. The normalized spacial score (nSPS) is 22.5. The molecule has 2 rings (SSSR count). The third kappa shape index (κ3) is 3.73. The van der Waals surface area contributed by atoms with Crippen LogP contribution in [0.25, 0.3) is 0 Å². The van der Waals surface area contributed by atoms with Gasteiger partial charge in [-0.1, -0.05) is 31.9 Å². The maximum atomic E-state index is 12.0. The molecule has 2 unspecified atom stereocenters. The molecule has 0 heterocycles. The largest absolute Gasteiger partial charge is 0.397 e. The Kier molecular flexibility index (Phi) is 5.01. The number of nitrogen functional groups attached to an aromatic ring is 1. The molecule has 0 radical (unpaired) electrons. The molecule has 1 aliphatic carbocycles. The van der Waals surface area contributed by atoms with Crippen LogP contribution < -0.4 is 11.1 Å². The summed E-state index contributed by atoms with van der Waals surface area (Å²) in [7, 11) is 0. The molecule has 0 saturated heterocycles. The van der Waals surface area contributed by atoms with E-state index in [-0.39, 0.29) is 18.6 Å². The first-order chi connectivity index (χ1) is 9.58. The Labute approximate surface area is 120 Å². The molecule has 1 amide bonds.